The Kier molecular flexibility index (Phi) is 3.28. The summed E-state index contributed by atoms with van der Waals surface area (Å²) in [6, 6.07) is 12.7. The molecular formula is C16H14ClNO2. The molecule has 0 amide bonds. The summed E-state index contributed by atoms with van der Waals surface area (Å²) < 4.78 is 7.77. The van der Waals surface area contributed by atoms with Crippen molar-refractivity contribution >= 4 is 22.5 Å². The van der Waals surface area contributed by atoms with Crippen LogP contribution in [0.3, 0.4) is 0 Å². The predicted octanol–water partition coefficient (Wildman–Crippen LogP) is 4.12. The van der Waals surface area contributed by atoms with Crippen molar-refractivity contribution in [1.29, 1.82) is 0 Å². The average Bonchev–Trinajstić information content (AvgIpc) is 2.73. The fraction of sp³-hybridized carbons (Fsp3) is 0.125. The number of halogens is 1. The van der Waals surface area contributed by atoms with E-state index in [-0.39, 0.29) is 5.75 Å². The van der Waals surface area contributed by atoms with Crippen molar-refractivity contribution in [3.63, 3.8) is 0 Å². The molecule has 0 aliphatic carbocycles. The lowest BCUT2D eigenvalue weighted by molar-refractivity contribution is 0.307. The van der Waals surface area contributed by atoms with Gasteiger partial charge < -0.3 is 14.4 Å². The third-order valence-corrected chi connectivity index (χ3v) is 3.48. The fourth-order valence-corrected chi connectivity index (χ4v) is 2.47. The third kappa shape index (κ3) is 2.45. The second-order valence-corrected chi connectivity index (χ2v) is 5.15. The summed E-state index contributed by atoms with van der Waals surface area (Å²) in [4.78, 5) is 0. The fourth-order valence-electron chi connectivity index (χ4n) is 2.29. The maximum Gasteiger partial charge on any atom is 0.121 e. The second-order valence-electron chi connectivity index (χ2n) is 4.71. The van der Waals surface area contributed by atoms with Crippen LogP contribution in [-0.2, 0) is 13.7 Å². The standard InChI is InChI=1S/C16H14ClNO2/c1-18-9-11(15-8-13(19)5-6-16(15)18)10-20-14-4-2-3-12(17)7-14/h2-9,19H,10H2,1H3. The average molecular weight is 288 g/mol. The van der Waals surface area contributed by atoms with Gasteiger partial charge in [-0.3, -0.25) is 0 Å². The van der Waals surface area contributed by atoms with Gasteiger partial charge in [-0.15, -0.1) is 0 Å². The Morgan fingerprint density at radius 2 is 2.05 bits per heavy atom. The van der Waals surface area contributed by atoms with Crippen molar-refractivity contribution in [2.45, 2.75) is 6.61 Å². The summed E-state index contributed by atoms with van der Waals surface area (Å²) >= 11 is 5.93. The van der Waals surface area contributed by atoms with Crippen LogP contribution >= 0.6 is 11.6 Å². The van der Waals surface area contributed by atoms with Gasteiger partial charge in [-0.05, 0) is 36.4 Å². The van der Waals surface area contributed by atoms with E-state index in [1.807, 2.05) is 42.1 Å². The highest BCUT2D eigenvalue weighted by Gasteiger charge is 2.08. The molecule has 1 N–H and O–H groups in total. The zero-order chi connectivity index (χ0) is 14.1. The number of aromatic nitrogens is 1. The number of aryl methyl sites for hydroxylation is 1. The van der Waals surface area contributed by atoms with E-state index in [0.29, 0.717) is 11.6 Å². The van der Waals surface area contributed by atoms with E-state index in [4.69, 9.17) is 16.3 Å². The number of phenolic OH excluding ortho intramolecular Hbond substituents is 1. The maximum absolute atomic E-state index is 9.62. The van der Waals surface area contributed by atoms with Gasteiger partial charge in [-0.25, -0.2) is 0 Å². The molecule has 0 radical (unpaired) electrons. The number of ether oxygens (including phenoxy) is 1. The van der Waals surface area contributed by atoms with E-state index in [1.54, 1.807) is 18.2 Å². The molecule has 4 heteroatoms. The number of nitrogens with zero attached hydrogens (tertiary/aromatic N) is 1. The lowest BCUT2D eigenvalue weighted by Crippen LogP contribution is -1.94. The summed E-state index contributed by atoms with van der Waals surface area (Å²) in [5, 5.41) is 11.3. The van der Waals surface area contributed by atoms with E-state index < -0.39 is 0 Å². The highest BCUT2D eigenvalue weighted by molar-refractivity contribution is 6.30. The van der Waals surface area contributed by atoms with Gasteiger partial charge in [0.1, 0.15) is 18.1 Å². The zero-order valence-electron chi connectivity index (χ0n) is 11.0. The highest BCUT2D eigenvalue weighted by Crippen LogP contribution is 2.26. The van der Waals surface area contributed by atoms with Crippen molar-refractivity contribution in [3.8, 4) is 11.5 Å². The first-order valence-electron chi connectivity index (χ1n) is 6.29. The molecule has 2 aromatic carbocycles. The highest BCUT2D eigenvalue weighted by atomic mass is 35.5. The van der Waals surface area contributed by atoms with Crippen LogP contribution in [0.5, 0.6) is 11.5 Å². The quantitative estimate of drug-likeness (QED) is 0.786. The van der Waals surface area contributed by atoms with E-state index >= 15 is 0 Å². The minimum atomic E-state index is 0.257. The molecule has 3 rings (SSSR count). The van der Waals surface area contributed by atoms with Crippen molar-refractivity contribution < 1.29 is 9.84 Å². The summed E-state index contributed by atoms with van der Waals surface area (Å²) in [5.41, 5.74) is 2.09. The molecule has 0 aliphatic heterocycles. The van der Waals surface area contributed by atoms with Crippen LogP contribution in [0.1, 0.15) is 5.56 Å². The largest absolute Gasteiger partial charge is 0.508 e. The summed E-state index contributed by atoms with van der Waals surface area (Å²) in [6.45, 7) is 0.432. The molecule has 3 aromatic rings. The van der Waals surface area contributed by atoms with Crippen LogP contribution in [0.25, 0.3) is 10.9 Å². The summed E-state index contributed by atoms with van der Waals surface area (Å²) in [6.07, 6.45) is 2.01. The Balaban J connectivity index is 1.89. The molecule has 0 spiro atoms. The second kappa shape index (κ2) is 5.10. The number of rotatable bonds is 3. The third-order valence-electron chi connectivity index (χ3n) is 3.25. The molecule has 1 heterocycles. The SMILES string of the molecule is Cn1cc(COc2cccc(Cl)c2)c2cc(O)ccc21. The van der Waals surface area contributed by atoms with Crippen LogP contribution in [0.2, 0.25) is 5.02 Å². The maximum atomic E-state index is 9.62. The summed E-state index contributed by atoms with van der Waals surface area (Å²) in [5.74, 6) is 0.988. The minimum Gasteiger partial charge on any atom is -0.508 e. The Morgan fingerprint density at radius 3 is 2.85 bits per heavy atom. The number of fused-ring (bicyclic) bond motifs is 1. The van der Waals surface area contributed by atoms with Crippen LogP contribution in [-0.4, -0.2) is 9.67 Å². The topological polar surface area (TPSA) is 34.4 Å². The molecule has 0 fully saturated rings. The number of aromatic hydroxyl groups is 1. The molecular weight excluding hydrogens is 274 g/mol. The van der Waals surface area contributed by atoms with Gasteiger partial charge in [-0.1, -0.05) is 17.7 Å². The molecule has 3 nitrogen and oxygen atoms in total. The van der Waals surface area contributed by atoms with Crippen molar-refractivity contribution in [3.05, 3.63) is 59.2 Å². The van der Waals surface area contributed by atoms with Crippen molar-refractivity contribution in [2.24, 2.45) is 7.05 Å². The first-order chi connectivity index (χ1) is 9.63. The van der Waals surface area contributed by atoms with Crippen molar-refractivity contribution in [1.82, 2.24) is 4.57 Å². The molecule has 1 aromatic heterocycles. The van der Waals surface area contributed by atoms with E-state index in [9.17, 15) is 5.11 Å². The van der Waals surface area contributed by atoms with Gasteiger partial charge in [0.05, 0.1) is 0 Å². The van der Waals surface area contributed by atoms with Crippen molar-refractivity contribution in [2.75, 3.05) is 0 Å². The zero-order valence-corrected chi connectivity index (χ0v) is 11.8. The molecule has 0 bridgehead atoms. The smallest absolute Gasteiger partial charge is 0.121 e. The van der Waals surface area contributed by atoms with Crippen LogP contribution in [0, 0.1) is 0 Å². The summed E-state index contributed by atoms with van der Waals surface area (Å²) in [7, 11) is 1.97. The molecule has 0 aliphatic rings. The normalized spacial score (nSPS) is 10.9. The van der Waals surface area contributed by atoms with E-state index in [1.165, 1.54) is 0 Å². The lowest BCUT2D eigenvalue weighted by atomic mass is 10.2. The molecule has 0 unspecified atom stereocenters. The molecule has 0 saturated carbocycles. The molecule has 20 heavy (non-hydrogen) atoms. The van der Waals surface area contributed by atoms with Gasteiger partial charge in [0.2, 0.25) is 0 Å². The Hall–Kier alpha value is -2.13. The first kappa shape index (κ1) is 12.9. The van der Waals surface area contributed by atoms with Gasteiger partial charge in [0, 0.05) is 34.7 Å². The van der Waals surface area contributed by atoms with Gasteiger partial charge >= 0.3 is 0 Å². The first-order valence-corrected chi connectivity index (χ1v) is 6.66. The Morgan fingerprint density at radius 1 is 1.20 bits per heavy atom. The Bertz CT molecular complexity index is 764. The van der Waals surface area contributed by atoms with Gasteiger partial charge in [0.25, 0.3) is 0 Å². The molecule has 102 valence electrons. The van der Waals surface area contributed by atoms with Gasteiger partial charge in [0.15, 0.2) is 0 Å². The number of hydrogen-bond acceptors (Lipinski definition) is 2. The number of benzene rings is 2. The predicted molar refractivity (Wildman–Crippen MR) is 80.4 cm³/mol. The Labute approximate surface area is 122 Å². The van der Waals surface area contributed by atoms with Crippen LogP contribution < -0.4 is 4.74 Å². The molecule has 0 saturated heterocycles. The number of hydrogen-bond donors (Lipinski definition) is 1. The van der Waals surface area contributed by atoms with E-state index in [0.717, 1.165) is 22.2 Å². The van der Waals surface area contributed by atoms with Gasteiger partial charge in [-0.2, -0.15) is 0 Å². The minimum absolute atomic E-state index is 0.257. The molecule has 0 atom stereocenters. The monoisotopic (exact) mass is 287 g/mol. The van der Waals surface area contributed by atoms with Crippen LogP contribution in [0.15, 0.2) is 48.7 Å². The van der Waals surface area contributed by atoms with Crippen LogP contribution in [0.4, 0.5) is 0 Å². The lowest BCUT2D eigenvalue weighted by Gasteiger charge is -2.05. The number of phenols is 1. The van der Waals surface area contributed by atoms with E-state index in [2.05, 4.69) is 0 Å².